The number of benzene rings is 3. The molecule has 0 radical (unpaired) electrons. The molecule has 13 nitrogen and oxygen atoms in total. The first-order chi connectivity index (χ1) is 28.8. The van der Waals surface area contributed by atoms with E-state index in [1.54, 1.807) is 0 Å². The van der Waals surface area contributed by atoms with Crippen molar-refractivity contribution in [1.82, 2.24) is 20.2 Å². The van der Waals surface area contributed by atoms with Gasteiger partial charge in [0.15, 0.2) is 0 Å². The van der Waals surface area contributed by atoms with Crippen LogP contribution in [-0.2, 0) is 30.5 Å². The van der Waals surface area contributed by atoms with Gasteiger partial charge in [0, 0.05) is 41.3 Å². The molecule has 2 aromatic heterocycles. The minimum atomic E-state index is 0. The van der Waals surface area contributed by atoms with E-state index < -0.39 is 0 Å². The maximum absolute atomic E-state index is 12.1. The Morgan fingerprint density at radius 2 is 1.16 bits per heavy atom. The molecule has 1 amide bonds. The Labute approximate surface area is 359 Å². The first-order valence-corrected chi connectivity index (χ1v) is 20.5. The summed E-state index contributed by atoms with van der Waals surface area (Å²) in [6.45, 7) is 14.7. The number of hydrogen-bond donors (Lipinski definition) is 3. The van der Waals surface area contributed by atoms with E-state index in [4.69, 9.17) is 40.1 Å². The number of piperidine rings is 1. The number of aryl methyl sites for hydroxylation is 3. The Balaban J connectivity index is 0.000000285. The minimum Gasteiger partial charge on any atom is -0.493 e. The molecule has 2 fully saturated rings. The van der Waals surface area contributed by atoms with E-state index in [1.165, 1.54) is 24.0 Å². The molecule has 0 unspecified atom stereocenters. The van der Waals surface area contributed by atoms with Gasteiger partial charge in [0.05, 0.1) is 35.0 Å². The van der Waals surface area contributed by atoms with Crippen LogP contribution < -0.4 is 26.3 Å². The minimum absolute atomic E-state index is 0. The zero-order chi connectivity index (χ0) is 43.6. The van der Waals surface area contributed by atoms with E-state index in [2.05, 4.69) is 51.4 Å². The van der Waals surface area contributed by atoms with Gasteiger partial charge in [0.2, 0.25) is 5.91 Å². The zero-order valence-corrected chi connectivity index (χ0v) is 35.4. The van der Waals surface area contributed by atoms with Crippen LogP contribution in [0.3, 0.4) is 0 Å². The molecular weight excluding hydrogens is 773 g/mol. The third-order valence-electron chi connectivity index (χ3n) is 10.7. The summed E-state index contributed by atoms with van der Waals surface area (Å²) in [6.07, 6.45) is 6.75. The van der Waals surface area contributed by atoms with Crippen LogP contribution in [0, 0.1) is 38.5 Å². The maximum Gasteiger partial charge on any atom is 0.373 e. The number of ether oxygens (including phenoxy) is 2. The molecule has 0 bridgehead atoms. The lowest BCUT2D eigenvalue weighted by atomic mass is 9.82. The molecule has 1 saturated heterocycles. The lowest BCUT2D eigenvalue weighted by molar-refractivity contribution is -0.193. The lowest BCUT2D eigenvalue weighted by Gasteiger charge is -2.32. The molecule has 5 N–H and O–H groups in total. The number of nitrogens with one attached hydrogen (secondary N) is 1. The van der Waals surface area contributed by atoms with Crippen molar-refractivity contribution < 1.29 is 33.4 Å². The largest absolute Gasteiger partial charge is 0.493 e. The van der Waals surface area contributed by atoms with Crippen LogP contribution in [-0.4, -0.2) is 65.4 Å². The smallest absolute Gasteiger partial charge is 0.373 e. The number of fused-ring (bicyclic) bond motifs is 2. The highest BCUT2D eigenvalue weighted by Gasteiger charge is 2.27. The fraction of sp³-hybridized carbons (Fsp3) is 0.438. The van der Waals surface area contributed by atoms with E-state index >= 15 is 0 Å². The number of amides is 1. The number of likely N-dealkylation sites (tertiary alicyclic amines) is 1. The van der Waals surface area contributed by atoms with E-state index in [0.717, 1.165) is 102 Å². The van der Waals surface area contributed by atoms with Crippen LogP contribution in [0.5, 0.6) is 11.5 Å². The van der Waals surface area contributed by atoms with Crippen LogP contribution in [0.25, 0.3) is 21.8 Å². The molecule has 3 heterocycles. The number of carbonyl (C=O) groups is 1. The van der Waals surface area contributed by atoms with Gasteiger partial charge in [-0.3, -0.25) is 19.7 Å². The number of nitrogens with zero attached hydrogens (tertiary/aromatic N) is 3. The van der Waals surface area contributed by atoms with E-state index in [0.29, 0.717) is 24.1 Å². The predicted octanol–water partition coefficient (Wildman–Crippen LogP) is 8.03. The van der Waals surface area contributed by atoms with Gasteiger partial charge in [-0.25, -0.2) is 0 Å². The van der Waals surface area contributed by atoms with E-state index in [-0.39, 0.29) is 37.6 Å². The number of nitrogens with two attached hydrogens (primary N) is 2. The second kappa shape index (κ2) is 24.8. The van der Waals surface area contributed by atoms with Crippen molar-refractivity contribution in [2.24, 2.45) is 17.8 Å². The zero-order valence-electron chi connectivity index (χ0n) is 35.4. The molecule has 1 saturated carbocycles. The molecule has 2 aliphatic rings. The lowest BCUT2D eigenvalue weighted by Crippen LogP contribution is -2.37. The van der Waals surface area contributed by atoms with Gasteiger partial charge in [-0.15, -0.1) is 0 Å². The number of pyridine rings is 2. The quantitative estimate of drug-likeness (QED) is 0.123. The van der Waals surface area contributed by atoms with Crippen LogP contribution in [0.4, 0.5) is 11.4 Å². The second-order valence-electron chi connectivity index (χ2n) is 15.9. The van der Waals surface area contributed by atoms with E-state index in [1.807, 2.05) is 76.2 Å². The summed E-state index contributed by atoms with van der Waals surface area (Å²) in [5.74, 6) is 3.06. The predicted molar refractivity (Wildman–Crippen MR) is 237 cm³/mol. The molecule has 0 spiro atoms. The molecule has 326 valence electrons. The number of nitrogen functional groups attached to an aromatic ring is 2. The van der Waals surface area contributed by atoms with Gasteiger partial charge >= 0.3 is 12.3 Å². The number of carbonyl (C=O) groups excluding carboxylic acids is 5. The fourth-order valence-electron chi connectivity index (χ4n) is 7.76. The summed E-state index contributed by atoms with van der Waals surface area (Å²) in [5, 5.41) is 4.85. The van der Waals surface area contributed by atoms with E-state index in [9.17, 15) is 4.79 Å². The summed E-state index contributed by atoms with van der Waals surface area (Å²) in [7, 11) is 0. The second-order valence-corrected chi connectivity index (χ2v) is 15.9. The SMILES string of the molecule is C.Cc1cc(N)c2c(OCC3CCC(C(=O)NC(C)C)CC3)cccc2n1.Cc1ccc(CN2CCC(COc3cccc4nc(C)cc(N)c34)CC2)cc1.O=C=O.O=C=O. The van der Waals surface area contributed by atoms with Crippen LogP contribution >= 0.6 is 0 Å². The number of rotatable bonds is 10. The highest BCUT2D eigenvalue weighted by molar-refractivity contribution is 5.96. The van der Waals surface area contributed by atoms with Gasteiger partial charge in [0.1, 0.15) is 11.5 Å². The molecule has 5 aromatic rings. The van der Waals surface area contributed by atoms with Gasteiger partial charge in [-0.1, -0.05) is 49.4 Å². The summed E-state index contributed by atoms with van der Waals surface area (Å²) >= 11 is 0. The molecule has 7 rings (SSSR count). The van der Waals surface area contributed by atoms with Crippen molar-refractivity contribution in [3.63, 3.8) is 0 Å². The molecule has 0 atom stereocenters. The molecular formula is C48H62N6O7. The Kier molecular flexibility index (Phi) is 20.0. The molecule has 1 aliphatic carbocycles. The van der Waals surface area contributed by atoms with Crippen molar-refractivity contribution in [1.29, 1.82) is 0 Å². The standard InChI is InChI=1S/C24H29N3O.C21H29N3O2.2CO2.CH4/c1-17-6-8-19(9-7-17)15-27-12-10-20(11-13-27)16-28-23-5-3-4-22-24(23)21(25)14-18(2)26-22;1-13(2)23-21(25)16-9-7-15(8-10-16)12-26-19-6-4-5-18-20(19)17(22)11-14(3)24-18;2*2-1-3;/h3-9,14,20H,10-13,15-16H2,1-2H3,(H2,25,26);4-6,11,13,15-16H,7-10,12H2,1-3H3,(H2,22,24)(H,23,25);;;1H4. The fourth-order valence-corrected chi connectivity index (χ4v) is 7.76. The number of aromatic nitrogens is 2. The van der Waals surface area contributed by atoms with Crippen molar-refractivity contribution in [2.45, 2.75) is 93.2 Å². The van der Waals surface area contributed by atoms with Gasteiger partial charge < -0.3 is 26.3 Å². The molecule has 1 aliphatic heterocycles. The van der Waals surface area contributed by atoms with Crippen LogP contribution in [0.1, 0.15) is 82.3 Å². The summed E-state index contributed by atoms with van der Waals surface area (Å²) in [6, 6.07) is 24.7. The monoisotopic (exact) mass is 834 g/mol. The molecule has 3 aromatic carbocycles. The van der Waals surface area contributed by atoms with Gasteiger partial charge in [0.25, 0.3) is 0 Å². The first-order valence-electron chi connectivity index (χ1n) is 20.5. The van der Waals surface area contributed by atoms with Crippen LogP contribution in [0.15, 0.2) is 72.8 Å². The van der Waals surface area contributed by atoms with Crippen molar-refractivity contribution in [3.8, 4) is 11.5 Å². The normalized spacial score (nSPS) is 16.2. The third kappa shape index (κ3) is 15.1. The van der Waals surface area contributed by atoms with Gasteiger partial charge in [-0.05, 0) is 140 Å². The Bertz CT molecular complexity index is 2210. The highest BCUT2D eigenvalue weighted by atomic mass is 16.5. The summed E-state index contributed by atoms with van der Waals surface area (Å²) in [4.78, 5) is 56.3. The Morgan fingerprint density at radius 3 is 1.61 bits per heavy atom. The molecule has 13 heteroatoms. The Morgan fingerprint density at radius 1 is 0.721 bits per heavy atom. The summed E-state index contributed by atoms with van der Waals surface area (Å²) < 4.78 is 12.3. The third-order valence-corrected chi connectivity index (χ3v) is 10.7. The van der Waals surface area contributed by atoms with Crippen molar-refractivity contribution in [2.75, 3.05) is 37.8 Å². The highest BCUT2D eigenvalue weighted by Crippen LogP contribution is 2.34. The Hall–Kier alpha value is -6.13. The van der Waals surface area contributed by atoms with Crippen molar-refractivity contribution >= 4 is 51.4 Å². The number of anilines is 2. The topological polar surface area (TPSA) is 197 Å². The van der Waals surface area contributed by atoms with Crippen molar-refractivity contribution in [3.05, 3.63) is 95.3 Å². The summed E-state index contributed by atoms with van der Waals surface area (Å²) in [5.41, 5.74) is 20.2. The average molecular weight is 835 g/mol. The molecule has 61 heavy (non-hydrogen) atoms. The van der Waals surface area contributed by atoms with Crippen LogP contribution in [0.2, 0.25) is 0 Å². The number of hydrogen-bond acceptors (Lipinski definition) is 12. The maximum atomic E-state index is 12.1. The first kappa shape index (κ1) is 49.2. The average Bonchev–Trinajstić information content (AvgIpc) is 3.21. The van der Waals surface area contributed by atoms with Gasteiger partial charge in [-0.2, -0.15) is 19.2 Å².